The molecule has 0 bridgehead atoms. The second-order valence-electron chi connectivity index (χ2n) is 6.91. The zero-order valence-electron chi connectivity index (χ0n) is 17.5. The Labute approximate surface area is 201 Å². The monoisotopic (exact) mass is 506 g/mol. The fourth-order valence-electron chi connectivity index (χ4n) is 3.04. The Morgan fingerprint density at radius 1 is 0.970 bits per heavy atom. The number of sulfonamides is 1. The zero-order chi connectivity index (χ0) is 24.0. The van der Waals surface area contributed by atoms with Crippen molar-refractivity contribution < 1.29 is 22.7 Å². The van der Waals surface area contributed by atoms with Gasteiger partial charge in [-0.15, -0.1) is 0 Å². The third-order valence-electron chi connectivity index (χ3n) is 4.67. The number of anilines is 1. The van der Waals surface area contributed by atoms with Gasteiger partial charge in [-0.05, 0) is 42.0 Å². The van der Waals surface area contributed by atoms with E-state index >= 15 is 0 Å². The Hall–Kier alpha value is -2.91. The van der Waals surface area contributed by atoms with E-state index in [1.54, 1.807) is 42.5 Å². The quantitative estimate of drug-likeness (QED) is 0.450. The van der Waals surface area contributed by atoms with Gasteiger partial charge in [-0.25, -0.2) is 13.2 Å². The molecular formula is C23H20Cl2N2O5S. The molecule has 0 spiro atoms. The number of nitrogens with one attached hydrogen (secondary N) is 1. The number of amides is 1. The third kappa shape index (κ3) is 6.11. The number of ether oxygens (including phenoxy) is 1. The molecule has 172 valence electrons. The first-order valence-corrected chi connectivity index (χ1v) is 11.9. The van der Waals surface area contributed by atoms with Crippen molar-refractivity contribution >= 4 is 50.8 Å². The van der Waals surface area contributed by atoms with Gasteiger partial charge in [-0.3, -0.25) is 4.79 Å². The lowest BCUT2D eigenvalue weighted by molar-refractivity contribution is -0.116. The first kappa shape index (κ1) is 24.7. The number of para-hydroxylation sites is 1. The van der Waals surface area contributed by atoms with Crippen LogP contribution in [-0.2, 0) is 26.1 Å². The molecule has 3 rings (SSSR count). The fourth-order valence-corrected chi connectivity index (χ4v) is 4.90. The Bertz CT molecular complexity index is 1270. The topological polar surface area (TPSA) is 92.8 Å². The first-order valence-electron chi connectivity index (χ1n) is 9.68. The van der Waals surface area contributed by atoms with E-state index in [0.717, 1.165) is 4.31 Å². The lowest BCUT2D eigenvalue weighted by Crippen LogP contribution is -2.37. The molecule has 7 nitrogen and oxygen atoms in total. The molecule has 0 saturated heterocycles. The Balaban J connectivity index is 1.92. The molecule has 0 aliphatic carbocycles. The molecule has 0 atom stereocenters. The molecule has 33 heavy (non-hydrogen) atoms. The van der Waals surface area contributed by atoms with Crippen molar-refractivity contribution in [3.63, 3.8) is 0 Å². The number of methoxy groups -OCH3 is 1. The smallest absolute Gasteiger partial charge is 0.339 e. The molecule has 0 fully saturated rings. The molecular weight excluding hydrogens is 487 g/mol. The van der Waals surface area contributed by atoms with Gasteiger partial charge in [0.25, 0.3) is 0 Å². The van der Waals surface area contributed by atoms with Gasteiger partial charge in [0.15, 0.2) is 0 Å². The normalized spacial score (nSPS) is 11.3. The number of halogens is 2. The van der Waals surface area contributed by atoms with Gasteiger partial charge in [0.05, 0.1) is 29.8 Å². The Kier molecular flexibility index (Phi) is 8.10. The SMILES string of the molecule is COC(=O)c1ccccc1NC(=O)CN(Cc1ccc(Cl)cc1Cl)S(=O)(=O)c1ccccc1. The van der Waals surface area contributed by atoms with Crippen LogP contribution in [0.3, 0.4) is 0 Å². The molecule has 0 aliphatic rings. The van der Waals surface area contributed by atoms with Crippen molar-refractivity contribution in [3.05, 3.63) is 94.0 Å². The standard InChI is InChI=1S/C23H20Cl2N2O5S/c1-32-23(29)19-9-5-6-10-21(19)26-22(28)15-27(14-16-11-12-17(24)13-20(16)25)33(30,31)18-7-3-2-4-8-18/h2-13H,14-15H2,1H3,(H,26,28). The molecule has 3 aromatic rings. The maximum Gasteiger partial charge on any atom is 0.339 e. The number of nitrogens with zero attached hydrogens (tertiary/aromatic N) is 1. The van der Waals surface area contributed by atoms with Gasteiger partial charge in [-0.1, -0.05) is 59.6 Å². The van der Waals surface area contributed by atoms with E-state index < -0.39 is 28.4 Å². The van der Waals surface area contributed by atoms with Crippen LogP contribution in [0.15, 0.2) is 77.7 Å². The maximum absolute atomic E-state index is 13.3. The molecule has 0 heterocycles. The summed E-state index contributed by atoms with van der Waals surface area (Å²) in [5, 5.41) is 3.26. The van der Waals surface area contributed by atoms with E-state index in [1.165, 1.54) is 37.4 Å². The number of carbonyl (C=O) groups excluding carboxylic acids is 2. The van der Waals surface area contributed by atoms with E-state index in [-0.39, 0.29) is 27.7 Å². The minimum atomic E-state index is -4.06. The van der Waals surface area contributed by atoms with Crippen molar-refractivity contribution in [3.8, 4) is 0 Å². The molecule has 10 heteroatoms. The highest BCUT2D eigenvalue weighted by Crippen LogP contribution is 2.25. The molecule has 0 saturated carbocycles. The van der Waals surface area contributed by atoms with Gasteiger partial charge in [0.2, 0.25) is 15.9 Å². The number of esters is 1. The number of carbonyl (C=O) groups is 2. The first-order chi connectivity index (χ1) is 15.7. The summed E-state index contributed by atoms with van der Waals surface area (Å²) in [6.45, 7) is -0.689. The minimum absolute atomic E-state index is 0.0258. The highest BCUT2D eigenvalue weighted by Gasteiger charge is 2.28. The summed E-state index contributed by atoms with van der Waals surface area (Å²) in [4.78, 5) is 24.9. The summed E-state index contributed by atoms with van der Waals surface area (Å²) < 4.78 is 32.4. The van der Waals surface area contributed by atoms with Crippen LogP contribution in [-0.4, -0.2) is 38.3 Å². The summed E-state index contributed by atoms with van der Waals surface area (Å²) in [5.41, 5.74) is 0.825. The van der Waals surface area contributed by atoms with Crippen LogP contribution in [0.5, 0.6) is 0 Å². The van der Waals surface area contributed by atoms with Crippen LogP contribution in [0.1, 0.15) is 15.9 Å². The molecule has 0 radical (unpaired) electrons. The second-order valence-corrected chi connectivity index (χ2v) is 9.69. The number of hydrogen-bond acceptors (Lipinski definition) is 5. The summed E-state index contributed by atoms with van der Waals surface area (Å²) in [6, 6.07) is 18.7. The van der Waals surface area contributed by atoms with Crippen molar-refractivity contribution in [1.29, 1.82) is 0 Å². The van der Waals surface area contributed by atoms with Crippen molar-refractivity contribution in [2.45, 2.75) is 11.4 Å². The lowest BCUT2D eigenvalue weighted by Gasteiger charge is -2.23. The van der Waals surface area contributed by atoms with Crippen LogP contribution in [0, 0.1) is 0 Å². The van der Waals surface area contributed by atoms with Crippen molar-refractivity contribution in [2.24, 2.45) is 0 Å². The van der Waals surface area contributed by atoms with Crippen molar-refractivity contribution in [1.82, 2.24) is 4.31 Å². The maximum atomic E-state index is 13.3. The van der Waals surface area contributed by atoms with E-state index in [0.29, 0.717) is 10.6 Å². The van der Waals surface area contributed by atoms with E-state index in [1.807, 2.05) is 0 Å². The van der Waals surface area contributed by atoms with Gasteiger partial charge in [-0.2, -0.15) is 4.31 Å². The third-order valence-corrected chi connectivity index (χ3v) is 7.06. The summed E-state index contributed by atoms with van der Waals surface area (Å²) in [5.74, 6) is -1.27. The fraction of sp³-hybridized carbons (Fsp3) is 0.130. The van der Waals surface area contributed by atoms with Crippen LogP contribution < -0.4 is 5.32 Å². The molecule has 0 aliphatic heterocycles. The zero-order valence-corrected chi connectivity index (χ0v) is 19.8. The summed E-state index contributed by atoms with van der Waals surface area (Å²) in [6.07, 6.45) is 0. The van der Waals surface area contributed by atoms with Crippen molar-refractivity contribution in [2.75, 3.05) is 19.0 Å². The lowest BCUT2D eigenvalue weighted by atomic mass is 10.2. The van der Waals surface area contributed by atoms with Crippen LogP contribution in [0.2, 0.25) is 10.0 Å². The van der Waals surface area contributed by atoms with Gasteiger partial charge in [0, 0.05) is 16.6 Å². The van der Waals surface area contributed by atoms with Crippen LogP contribution in [0.25, 0.3) is 0 Å². The van der Waals surface area contributed by atoms with Crippen LogP contribution in [0.4, 0.5) is 5.69 Å². The second kappa shape index (κ2) is 10.8. The molecule has 3 aromatic carbocycles. The molecule has 1 amide bonds. The largest absolute Gasteiger partial charge is 0.465 e. The Morgan fingerprint density at radius 3 is 2.30 bits per heavy atom. The molecule has 0 unspecified atom stereocenters. The van der Waals surface area contributed by atoms with E-state index in [2.05, 4.69) is 5.32 Å². The number of hydrogen-bond donors (Lipinski definition) is 1. The van der Waals surface area contributed by atoms with E-state index in [9.17, 15) is 18.0 Å². The summed E-state index contributed by atoms with van der Waals surface area (Å²) >= 11 is 12.2. The predicted octanol–water partition coefficient (Wildman–Crippen LogP) is 4.61. The van der Waals surface area contributed by atoms with E-state index in [4.69, 9.17) is 27.9 Å². The highest BCUT2D eigenvalue weighted by molar-refractivity contribution is 7.89. The summed E-state index contributed by atoms with van der Waals surface area (Å²) in [7, 11) is -2.83. The molecule has 1 N–H and O–H groups in total. The molecule has 0 aromatic heterocycles. The number of benzene rings is 3. The average molecular weight is 507 g/mol. The van der Waals surface area contributed by atoms with Gasteiger partial charge in [0.1, 0.15) is 0 Å². The van der Waals surface area contributed by atoms with Crippen LogP contribution >= 0.6 is 23.2 Å². The highest BCUT2D eigenvalue weighted by atomic mass is 35.5. The van der Waals surface area contributed by atoms with Gasteiger partial charge >= 0.3 is 5.97 Å². The minimum Gasteiger partial charge on any atom is -0.465 e. The average Bonchev–Trinajstić information content (AvgIpc) is 2.80. The Morgan fingerprint density at radius 2 is 1.64 bits per heavy atom. The predicted molar refractivity (Wildman–Crippen MR) is 127 cm³/mol. The number of rotatable bonds is 8. The van der Waals surface area contributed by atoms with Gasteiger partial charge < -0.3 is 10.1 Å².